The Kier molecular flexibility index (Phi) is 3.84. The fourth-order valence-electron chi connectivity index (χ4n) is 1.53. The van der Waals surface area contributed by atoms with Gasteiger partial charge in [0.1, 0.15) is 0 Å². The van der Waals surface area contributed by atoms with Crippen LogP contribution in [0.2, 0.25) is 0 Å². The Morgan fingerprint density at radius 3 is 2.63 bits per heavy atom. The first-order valence-corrected chi connectivity index (χ1v) is 8.40. The summed E-state index contributed by atoms with van der Waals surface area (Å²) in [5.41, 5.74) is 6.72. The second kappa shape index (κ2) is 5.10. The van der Waals surface area contributed by atoms with E-state index in [2.05, 4.69) is 25.6 Å². The van der Waals surface area contributed by atoms with Crippen molar-refractivity contribution in [2.45, 2.75) is 18.7 Å². The van der Waals surface area contributed by atoms with E-state index in [0.29, 0.717) is 20.9 Å². The minimum Gasteiger partial charge on any atom is -0.398 e. The average molecular weight is 362 g/mol. The highest BCUT2D eigenvalue weighted by Crippen LogP contribution is 2.28. The first kappa shape index (κ1) is 14.3. The van der Waals surface area contributed by atoms with Crippen LogP contribution in [-0.4, -0.2) is 13.4 Å². The van der Waals surface area contributed by atoms with Crippen LogP contribution in [-0.2, 0) is 10.0 Å². The minimum absolute atomic E-state index is 0.154. The quantitative estimate of drug-likeness (QED) is 0.823. The number of sulfonamides is 1. The van der Waals surface area contributed by atoms with Crippen LogP contribution < -0.4 is 10.5 Å². The minimum atomic E-state index is -3.67. The van der Waals surface area contributed by atoms with E-state index in [4.69, 9.17) is 5.73 Å². The molecule has 1 aromatic carbocycles. The summed E-state index contributed by atoms with van der Waals surface area (Å²) in [4.78, 5) is 5.07. The Morgan fingerprint density at radius 1 is 1.37 bits per heavy atom. The molecule has 2 aromatic rings. The van der Waals surface area contributed by atoms with Crippen LogP contribution >= 0.6 is 27.3 Å². The molecule has 0 saturated carbocycles. The number of rotatable bonds is 3. The number of anilines is 2. The highest BCUT2D eigenvalue weighted by Gasteiger charge is 2.19. The SMILES string of the molecule is Cc1cnc(NS(=O)(=O)c2cc(N)c(Br)cc2C)s1. The van der Waals surface area contributed by atoms with Crippen LogP contribution in [0.5, 0.6) is 0 Å². The summed E-state index contributed by atoms with van der Waals surface area (Å²) in [6.07, 6.45) is 1.62. The Balaban J connectivity index is 2.42. The number of halogens is 1. The number of hydrogen-bond donors (Lipinski definition) is 2. The molecule has 0 radical (unpaired) electrons. The highest BCUT2D eigenvalue weighted by atomic mass is 79.9. The zero-order valence-electron chi connectivity index (χ0n) is 10.3. The van der Waals surface area contributed by atoms with Crippen molar-refractivity contribution in [1.82, 2.24) is 4.98 Å². The summed E-state index contributed by atoms with van der Waals surface area (Å²) in [6.45, 7) is 3.57. The third-order valence-electron chi connectivity index (χ3n) is 2.43. The summed E-state index contributed by atoms with van der Waals surface area (Å²) in [7, 11) is -3.67. The normalized spacial score (nSPS) is 11.5. The van der Waals surface area contributed by atoms with Crippen LogP contribution in [0.3, 0.4) is 0 Å². The summed E-state index contributed by atoms with van der Waals surface area (Å²) in [5, 5.41) is 0.346. The molecule has 0 spiro atoms. The van der Waals surface area contributed by atoms with Gasteiger partial charge in [-0.1, -0.05) is 0 Å². The molecule has 0 bridgehead atoms. The second-order valence-corrected chi connectivity index (χ2v) is 7.76. The first-order chi connectivity index (χ1) is 8.79. The van der Waals surface area contributed by atoms with E-state index in [0.717, 1.165) is 4.88 Å². The molecule has 1 heterocycles. The number of nitrogen functional groups attached to an aromatic ring is 1. The van der Waals surface area contributed by atoms with Gasteiger partial charge in [-0.25, -0.2) is 13.4 Å². The maximum absolute atomic E-state index is 12.3. The number of aromatic nitrogens is 1. The lowest BCUT2D eigenvalue weighted by Gasteiger charge is -2.10. The van der Waals surface area contributed by atoms with Crippen LogP contribution in [0, 0.1) is 13.8 Å². The van der Waals surface area contributed by atoms with Crippen LogP contribution in [0.1, 0.15) is 10.4 Å². The lowest BCUT2D eigenvalue weighted by atomic mass is 10.2. The number of hydrogen-bond acceptors (Lipinski definition) is 5. The predicted molar refractivity (Wildman–Crippen MR) is 81.0 cm³/mol. The number of nitrogens with zero attached hydrogens (tertiary/aromatic N) is 1. The topological polar surface area (TPSA) is 85.1 Å². The molecule has 0 amide bonds. The van der Waals surface area contributed by atoms with Gasteiger partial charge in [0.25, 0.3) is 10.0 Å². The number of thiazole rings is 1. The van der Waals surface area contributed by atoms with Gasteiger partial charge in [0.05, 0.1) is 4.90 Å². The molecule has 0 aliphatic rings. The van der Waals surface area contributed by atoms with Gasteiger partial charge >= 0.3 is 0 Å². The third-order valence-corrected chi connectivity index (χ3v) is 5.55. The van der Waals surface area contributed by atoms with E-state index in [9.17, 15) is 8.42 Å². The predicted octanol–water partition coefficient (Wildman–Crippen LogP) is 2.91. The van der Waals surface area contributed by atoms with Crippen molar-refractivity contribution in [2.24, 2.45) is 0 Å². The standard InChI is InChI=1S/C11H12BrN3O2S2/c1-6-3-8(12)9(13)4-10(6)19(16,17)15-11-14-5-7(2)18-11/h3-5H,13H2,1-2H3,(H,14,15). The van der Waals surface area contributed by atoms with Crippen molar-refractivity contribution in [1.29, 1.82) is 0 Å². The highest BCUT2D eigenvalue weighted by molar-refractivity contribution is 9.10. The molecule has 0 fully saturated rings. The maximum Gasteiger partial charge on any atom is 0.264 e. The van der Waals surface area contributed by atoms with E-state index >= 15 is 0 Å². The van der Waals surface area contributed by atoms with Crippen molar-refractivity contribution in [3.8, 4) is 0 Å². The summed E-state index contributed by atoms with van der Waals surface area (Å²) < 4.78 is 27.7. The number of nitrogens with two attached hydrogens (primary N) is 1. The van der Waals surface area contributed by atoms with Crippen LogP contribution in [0.4, 0.5) is 10.8 Å². The lowest BCUT2D eigenvalue weighted by molar-refractivity contribution is 0.600. The summed E-state index contributed by atoms with van der Waals surface area (Å²) in [5.74, 6) is 0. The van der Waals surface area contributed by atoms with Gasteiger partial charge in [0.2, 0.25) is 0 Å². The van der Waals surface area contributed by atoms with Crippen molar-refractivity contribution >= 4 is 48.1 Å². The largest absolute Gasteiger partial charge is 0.398 e. The lowest BCUT2D eigenvalue weighted by Crippen LogP contribution is -2.14. The van der Waals surface area contributed by atoms with Gasteiger partial charge < -0.3 is 5.73 Å². The van der Waals surface area contributed by atoms with E-state index in [1.165, 1.54) is 17.4 Å². The second-order valence-electron chi connectivity index (χ2n) is 4.02. The average Bonchev–Trinajstić information content (AvgIpc) is 2.68. The molecule has 8 heteroatoms. The smallest absolute Gasteiger partial charge is 0.264 e. The summed E-state index contributed by atoms with van der Waals surface area (Å²) in [6, 6.07) is 3.11. The molecule has 5 nitrogen and oxygen atoms in total. The van der Waals surface area contributed by atoms with Gasteiger partial charge in [0, 0.05) is 21.2 Å². The molecule has 0 unspecified atom stereocenters. The zero-order valence-corrected chi connectivity index (χ0v) is 13.5. The molecule has 0 aliphatic carbocycles. The van der Waals surface area contributed by atoms with Gasteiger partial charge in [-0.2, -0.15) is 0 Å². The van der Waals surface area contributed by atoms with Crippen LogP contribution in [0.25, 0.3) is 0 Å². The number of aryl methyl sites for hydroxylation is 2. The number of benzene rings is 1. The number of nitrogens with one attached hydrogen (secondary N) is 1. The summed E-state index contributed by atoms with van der Waals surface area (Å²) >= 11 is 4.55. The Labute approximate surface area is 124 Å². The fraction of sp³-hybridized carbons (Fsp3) is 0.182. The van der Waals surface area contributed by atoms with Crippen molar-refractivity contribution in [3.63, 3.8) is 0 Å². The van der Waals surface area contributed by atoms with E-state index in [1.54, 1.807) is 19.2 Å². The Bertz CT molecular complexity index is 726. The molecule has 102 valence electrons. The molecule has 1 aromatic heterocycles. The molecule has 0 aliphatic heterocycles. The zero-order chi connectivity index (χ0) is 14.2. The van der Waals surface area contributed by atoms with Crippen molar-refractivity contribution < 1.29 is 8.42 Å². The Morgan fingerprint density at radius 2 is 2.05 bits per heavy atom. The van der Waals surface area contributed by atoms with Crippen molar-refractivity contribution in [3.05, 3.63) is 33.2 Å². The van der Waals surface area contributed by atoms with Crippen LogP contribution in [0.15, 0.2) is 27.7 Å². The fourth-order valence-corrected chi connectivity index (χ4v) is 4.16. The van der Waals surface area contributed by atoms with E-state index < -0.39 is 10.0 Å². The Hall–Kier alpha value is -1.12. The van der Waals surface area contributed by atoms with E-state index in [1.807, 2.05) is 6.92 Å². The first-order valence-electron chi connectivity index (χ1n) is 5.30. The van der Waals surface area contributed by atoms with E-state index in [-0.39, 0.29) is 4.90 Å². The molecule has 19 heavy (non-hydrogen) atoms. The molecule has 0 atom stereocenters. The monoisotopic (exact) mass is 361 g/mol. The molecule has 0 saturated heterocycles. The van der Waals surface area contributed by atoms with Gasteiger partial charge in [-0.3, -0.25) is 4.72 Å². The maximum atomic E-state index is 12.3. The van der Waals surface area contributed by atoms with Crippen molar-refractivity contribution in [2.75, 3.05) is 10.5 Å². The molecule has 3 N–H and O–H groups in total. The molecular weight excluding hydrogens is 350 g/mol. The van der Waals surface area contributed by atoms with Gasteiger partial charge in [-0.05, 0) is 47.5 Å². The molecule has 2 rings (SSSR count). The third kappa shape index (κ3) is 3.07. The molecular formula is C11H12BrN3O2S2. The van der Waals surface area contributed by atoms with Gasteiger partial charge in [-0.15, -0.1) is 11.3 Å². The van der Waals surface area contributed by atoms with Gasteiger partial charge in [0.15, 0.2) is 5.13 Å².